The van der Waals surface area contributed by atoms with E-state index in [1.165, 1.54) is 19.3 Å². The molecule has 2 rings (SSSR count). The molecule has 1 aromatic carbocycles. The topological polar surface area (TPSA) is 55.5 Å². The van der Waals surface area contributed by atoms with E-state index in [0.717, 1.165) is 18.6 Å². The number of benzene rings is 1. The summed E-state index contributed by atoms with van der Waals surface area (Å²) in [7, 11) is 0. The van der Waals surface area contributed by atoms with E-state index in [1.807, 2.05) is 6.07 Å². The van der Waals surface area contributed by atoms with Crippen LogP contribution in [0.4, 0.5) is 0 Å². The first-order valence-corrected chi connectivity index (χ1v) is 6.36. The van der Waals surface area contributed by atoms with E-state index in [2.05, 4.69) is 0 Å². The fourth-order valence-corrected chi connectivity index (χ4v) is 2.52. The number of aromatic hydroxyl groups is 1. The van der Waals surface area contributed by atoms with Gasteiger partial charge in [-0.1, -0.05) is 25.3 Å². The van der Waals surface area contributed by atoms with Crippen molar-refractivity contribution in [2.24, 2.45) is 11.1 Å². The number of rotatable bonds is 4. The van der Waals surface area contributed by atoms with E-state index in [0.29, 0.717) is 13.2 Å². The molecule has 3 nitrogen and oxygen atoms in total. The smallest absolute Gasteiger partial charge is 0.123 e. The minimum absolute atomic E-state index is 0.143. The quantitative estimate of drug-likeness (QED) is 0.843. The Kier molecular flexibility index (Phi) is 3.89. The lowest BCUT2D eigenvalue weighted by atomic mass is 9.75. The molecular weight excluding hydrogens is 214 g/mol. The first-order valence-electron chi connectivity index (χ1n) is 6.36. The van der Waals surface area contributed by atoms with Crippen LogP contribution in [0.3, 0.4) is 0 Å². The zero-order valence-electron chi connectivity index (χ0n) is 10.2. The molecule has 1 saturated carbocycles. The third-order valence-corrected chi connectivity index (χ3v) is 3.71. The Morgan fingerprint density at radius 3 is 2.65 bits per heavy atom. The molecule has 0 spiro atoms. The lowest BCUT2D eigenvalue weighted by Gasteiger charge is -2.35. The molecule has 1 aromatic rings. The van der Waals surface area contributed by atoms with Gasteiger partial charge in [0.1, 0.15) is 11.5 Å². The molecule has 3 N–H and O–H groups in total. The van der Waals surface area contributed by atoms with Crippen LogP contribution in [0.5, 0.6) is 11.5 Å². The molecule has 0 bridgehead atoms. The highest BCUT2D eigenvalue weighted by Crippen LogP contribution is 2.36. The molecule has 0 amide bonds. The van der Waals surface area contributed by atoms with Gasteiger partial charge in [-0.15, -0.1) is 0 Å². The molecule has 0 saturated heterocycles. The van der Waals surface area contributed by atoms with Crippen LogP contribution in [0.2, 0.25) is 0 Å². The van der Waals surface area contributed by atoms with E-state index in [1.54, 1.807) is 18.2 Å². The lowest BCUT2D eigenvalue weighted by molar-refractivity contribution is 0.105. The summed E-state index contributed by atoms with van der Waals surface area (Å²) in [5, 5.41) is 9.37. The predicted octanol–water partition coefficient (Wildman–Crippen LogP) is 2.68. The zero-order valence-corrected chi connectivity index (χ0v) is 10.2. The molecule has 0 unspecified atom stereocenters. The normalized spacial score (nSPS) is 18.9. The Bertz CT molecular complexity index is 359. The van der Waals surface area contributed by atoms with Gasteiger partial charge in [-0.2, -0.15) is 0 Å². The molecule has 0 aromatic heterocycles. The number of nitrogens with two attached hydrogens (primary N) is 1. The fourth-order valence-electron chi connectivity index (χ4n) is 2.52. The van der Waals surface area contributed by atoms with Gasteiger partial charge in [0.2, 0.25) is 0 Å². The Hall–Kier alpha value is -1.22. The van der Waals surface area contributed by atoms with Crippen LogP contribution in [0.1, 0.15) is 32.1 Å². The van der Waals surface area contributed by atoms with Gasteiger partial charge in [0.05, 0.1) is 6.61 Å². The summed E-state index contributed by atoms with van der Waals surface area (Å²) < 4.78 is 5.78. The lowest BCUT2D eigenvalue weighted by Crippen LogP contribution is -2.38. The third kappa shape index (κ3) is 3.13. The van der Waals surface area contributed by atoms with E-state index in [4.69, 9.17) is 10.5 Å². The van der Waals surface area contributed by atoms with Crippen molar-refractivity contribution in [2.45, 2.75) is 32.1 Å². The van der Waals surface area contributed by atoms with E-state index in [9.17, 15) is 5.11 Å². The number of phenolic OH excluding ortho intramolecular Hbond substituents is 1. The minimum Gasteiger partial charge on any atom is -0.508 e. The Labute approximate surface area is 103 Å². The van der Waals surface area contributed by atoms with Crippen LogP contribution in [0.15, 0.2) is 24.3 Å². The van der Waals surface area contributed by atoms with Crippen LogP contribution in [-0.4, -0.2) is 18.3 Å². The van der Waals surface area contributed by atoms with Crippen molar-refractivity contribution < 1.29 is 9.84 Å². The summed E-state index contributed by atoms with van der Waals surface area (Å²) in [4.78, 5) is 0. The Morgan fingerprint density at radius 1 is 1.24 bits per heavy atom. The maximum absolute atomic E-state index is 9.37. The van der Waals surface area contributed by atoms with E-state index >= 15 is 0 Å². The predicted molar refractivity (Wildman–Crippen MR) is 68.2 cm³/mol. The summed E-state index contributed by atoms with van der Waals surface area (Å²) >= 11 is 0. The van der Waals surface area contributed by atoms with Gasteiger partial charge in [-0.05, 0) is 25.0 Å². The maximum Gasteiger partial charge on any atom is 0.123 e. The molecule has 0 aliphatic heterocycles. The van der Waals surface area contributed by atoms with Crippen LogP contribution in [0.25, 0.3) is 0 Å². The second-order valence-corrected chi connectivity index (χ2v) is 5.05. The first-order chi connectivity index (χ1) is 8.24. The standard InChI is InChI=1S/C14H21NO2/c15-10-14(7-2-1-3-8-14)11-17-13-6-4-5-12(16)9-13/h4-6,9,16H,1-3,7-8,10-11,15H2. The molecule has 3 heteroatoms. The van der Waals surface area contributed by atoms with Crippen molar-refractivity contribution in [3.8, 4) is 11.5 Å². The molecular formula is C14H21NO2. The maximum atomic E-state index is 9.37. The van der Waals surface area contributed by atoms with E-state index in [-0.39, 0.29) is 11.2 Å². The monoisotopic (exact) mass is 235 g/mol. The molecule has 0 atom stereocenters. The van der Waals surface area contributed by atoms with Crippen LogP contribution >= 0.6 is 0 Å². The first kappa shape index (κ1) is 12.2. The zero-order chi connectivity index (χ0) is 12.1. The molecule has 1 aliphatic rings. The number of hydrogen-bond donors (Lipinski definition) is 2. The summed E-state index contributed by atoms with van der Waals surface area (Å²) in [6.45, 7) is 1.35. The van der Waals surface area contributed by atoms with Gasteiger partial charge < -0.3 is 15.6 Å². The van der Waals surface area contributed by atoms with Gasteiger partial charge in [0.15, 0.2) is 0 Å². The fraction of sp³-hybridized carbons (Fsp3) is 0.571. The molecule has 94 valence electrons. The average Bonchev–Trinajstić information content (AvgIpc) is 2.38. The van der Waals surface area contributed by atoms with Gasteiger partial charge in [0.25, 0.3) is 0 Å². The van der Waals surface area contributed by atoms with Crippen molar-refractivity contribution >= 4 is 0 Å². The summed E-state index contributed by atoms with van der Waals surface area (Å²) in [6.07, 6.45) is 6.12. The van der Waals surface area contributed by atoms with Crippen molar-refractivity contribution in [1.82, 2.24) is 0 Å². The minimum atomic E-state index is 0.143. The highest BCUT2D eigenvalue weighted by Gasteiger charge is 2.31. The van der Waals surface area contributed by atoms with Crippen molar-refractivity contribution in [2.75, 3.05) is 13.2 Å². The third-order valence-electron chi connectivity index (χ3n) is 3.71. The molecule has 0 radical (unpaired) electrons. The van der Waals surface area contributed by atoms with Gasteiger partial charge in [-0.25, -0.2) is 0 Å². The number of phenols is 1. The molecule has 1 aliphatic carbocycles. The van der Waals surface area contributed by atoms with Gasteiger partial charge in [0, 0.05) is 18.0 Å². The van der Waals surface area contributed by atoms with Crippen LogP contribution in [-0.2, 0) is 0 Å². The second-order valence-electron chi connectivity index (χ2n) is 5.05. The largest absolute Gasteiger partial charge is 0.508 e. The highest BCUT2D eigenvalue weighted by molar-refractivity contribution is 5.31. The summed E-state index contributed by atoms with van der Waals surface area (Å²) in [5.41, 5.74) is 6.05. The Balaban J connectivity index is 1.95. The number of hydrogen-bond acceptors (Lipinski definition) is 3. The molecule has 0 heterocycles. The van der Waals surface area contributed by atoms with Crippen LogP contribution in [0, 0.1) is 5.41 Å². The van der Waals surface area contributed by atoms with Crippen LogP contribution < -0.4 is 10.5 Å². The molecule has 17 heavy (non-hydrogen) atoms. The second kappa shape index (κ2) is 5.41. The SMILES string of the molecule is NCC1(COc2cccc(O)c2)CCCCC1. The highest BCUT2D eigenvalue weighted by atomic mass is 16.5. The number of ether oxygens (including phenoxy) is 1. The van der Waals surface area contributed by atoms with Crippen molar-refractivity contribution in [3.63, 3.8) is 0 Å². The van der Waals surface area contributed by atoms with E-state index < -0.39 is 0 Å². The average molecular weight is 235 g/mol. The van der Waals surface area contributed by atoms with Gasteiger partial charge in [-0.3, -0.25) is 0 Å². The van der Waals surface area contributed by atoms with Crippen molar-refractivity contribution in [3.05, 3.63) is 24.3 Å². The summed E-state index contributed by atoms with van der Waals surface area (Å²) in [6, 6.07) is 6.95. The van der Waals surface area contributed by atoms with Gasteiger partial charge >= 0.3 is 0 Å². The van der Waals surface area contributed by atoms with Crippen molar-refractivity contribution in [1.29, 1.82) is 0 Å². The Morgan fingerprint density at radius 2 is 2.00 bits per heavy atom. The molecule has 1 fully saturated rings. The summed E-state index contributed by atoms with van der Waals surface area (Å²) in [5.74, 6) is 0.969.